The summed E-state index contributed by atoms with van der Waals surface area (Å²) in [5, 5.41) is 16.7. The smallest absolute Gasteiger partial charge is 0.422 e. The second kappa shape index (κ2) is 3.53. The number of carboxylic acid groups (broad SMARTS) is 1. The van der Waals surface area contributed by atoms with Crippen LogP contribution in [-0.4, -0.2) is 33.4 Å². The van der Waals surface area contributed by atoms with Gasteiger partial charge in [0.25, 0.3) is 0 Å². The number of aliphatic hydroxyl groups excluding tert-OH is 1. The van der Waals surface area contributed by atoms with Gasteiger partial charge in [-0.2, -0.15) is 0 Å². The van der Waals surface area contributed by atoms with E-state index < -0.39 is 12.2 Å². The molecule has 0 rings (SSSR count). The average Bonchev–Trinajstić information content (AvgIpc) is 1.63. The zero-order valence-corrected chi connectivity index (χ0v) is 5.67. The minimum absolute atomic E-state index is 0.0725. The van der Waals surface area contributed by atoms with Gasteiger partial charge in [0.15, 0.2) is 0 Å². The molecule has 1 atom stereocenters. The molecule has 0 saturated heterocycles. The first-order valence-corrected chi connectivity index (χ1v) is 2.72. The van der Waals surface area contributed by atoms with Crippen LogP contribution < -0.4 is 0 Å². The maximum Gasteiger partial charge on any atom is 0.422 e. The fourth-order valence-electron chi connectivity index (χ4n) is 0.310. The number of hydrogen-bond donors (Lipinski definition) is 2. The maximum absolute atomic E-state index is 9.92. The Balaban J connectivity index is 3.50. The molecule has 0 aliphatic carbocycles. The van der Waals surface area contributed by atoms with Crippen molar-refractivity contribution in [2.24, 2.45) is 0 Å². The maximum atomic E-state index is 9.92. The lowest BCUT2D eigenvalue weighted by molar-refractivity contribution is 0.138. The predicted octanol–water partition coefficient (Wildman–Crippen LogP) is 0.501. The molecule has 4 nitrogen and oxygen atoms in total. The number of halogens is 1. The Morgan fingerprint density at radius 1 is 1.89 bits per heavy atom. The largest absolute Gasteiger partial charge is 0.464 e. The van der Waals surface area contributed by atoms with Crippen molar-refractivity contribution >= 4 is 17.9 Å². The molecule has 0 bridgehead atoms. The van der Waals surface area contributed by atoms with Crippen LogP contribution in [0.1, 0.15) is 6.92 Å². The summed E-state index contributed by atoms with van der Waals surface area (Å²) in [6.45, 7) is 1.38. The molecule has 1 unspecified atom stereocenters. The zero-order valence-electron chi connectivity index (χ0n) is 4.91. The molecule has 0 spiro atoms. The van der Waals surface area contributed by atoms with E-state index in [1.165, 1.54) is 6.92 Å². The third kappa shape index (κ3) is 4.05. The van der Waals surface area contributed by atoms with Crippen molar-refractivity contribution < 1.29 is 15.0 Å². The van der Waals surface area contributed by atoms with Gasteiger partial charge in [-0.3, -0.25) is 0 Å². The summed E-state index contributed by atoms with van der Waals surface area (Å²) in [5.41, 5.74) is 0. The van der Waals surface area contributed by atoms with E-state index in [1.807, 2.05) is 0 Å². The number of carbonyl (C=O) groups is 1. The fraction of sp³-hybridized carbons (Fsp3) is 0.750. The molecule has 0 fully saturated rings. The first-order chi connectivity index (χ1) is 4.04. The fourth-order valence-corrected chi connectivity index (χ4v) is 0.510. The van der Waals surface area contributed by atoms with Crippen molar-refractivity contribution in [3.05, 3.63) is 0 Å². The molecule has 0 aromatic carbocycles. The molecule has 0 saturated carbocycles. The summed E-state index contributed by atoms with van der Waals surface area (Å²) in [6, 6.07) is 0. The molecule has 5 heteroatoms. The normalized spacial score (nSPS) is 12.8. The van der Waals surface area contributed by atoms with Gasteiger partial charge in [-0.1, -0.05) is 0 Å². The van der Waals surface area contributed by atoms with E-state index in [0.717, 1.165) is 0 Å². The van der Waals surface area contributed by atoms with Crippen LogP contribution in [-0.2, 0) is 0 Å². The third-order valence-corrected chi connectivity index (χ3v) is 0.915. The number of amides is 1. The molecular weight excluding hydrogens is 146 g/mol. The average molecular weight is 154 g/mol. The molecule has 9 heavy (non-hydrogen) atoms. The monoisotopic (exact) mass is 153 g/mol. The van der Waals surface area contributed by atoms with E-state index in [4.69, 9.17) is 22.0 Å². The standard InChI is InChI=1S/C4H8ClNO3/c1-3(7)2-6(5)4(8)9/h3,7H,2H2,1H3,(H,8,9). The van der Waals surface area contributed by atoms with E-state index in [-0.39, 0.29) is 6.54 Å². The summed E-state index contributed by atoms with van der Waals surface area (Å²) in [6.07, 6.45) is -1.98. The molecule has 0 aromatic heterocycles. The predicted molar refractivity (Wildman–Crippen MR) is 32.3 cm³/mol. The first-order valence-electron chi connectivity index (χ1n) is 2.38. The highest BCUT2D eigenvalue weighted by molar-refractivity contribution is 6.19. The van der Waals surface area contributed by atoms with Crippen LogP contribution in [0.15, 0.2) is 0 Å². The summed E-state index contributed by atoms with van der Waals surface area (Å²) >= 11 is 5.08. The van der Waals surface area contributed by atoms with Gasteiger partial charge in [0.2, 0.25) is 0 Å². The van der Waals surface area contributed by atoms with Crippen LogP contribution in [0.4, 0.5) is 4.79 Å². The lowest BCUT2D eigenvalue weighted by atomic mass is 10.4. The van der Waals surface area contributed by atoms with E-state index in [2.05, 4.69) is 0 Å². The molecule has 0 radical (unpaired) electrons. The topological polar surface area (TPSA) is 60.8 Å². The Morgan fingerprint density at radius 2 is 2.33 bits per heavy atom. The van der Waals surface area contributed by atoms with Crippen LogP contribution >= 0.6 is 11.8 Å². The van der Waals surface area contributed by atoms with Gasteiger partial charge in [-0.25, -0.2) is 9.21 Å². The summed E-state index contributed by atoms with van der Waals surface area (Å²) in [7, 11) is 0. The van der Waals surface area contributed by atoms with E-state index in [0.29, 0.717) is 4.42 Å². The quantitative estimate of drug-likeness (QED) is 0.568. The highest BCUT2D eigenvalue weighted by atomic mass is 35.5. The summed E-state index contributed by atoms with van der Waals surface area (Å²) < 4.78 is 0.505. The minimum Gasteiger partial charge on any atom is -0.464 e. The van der Waals surface area contributed by atoms with Crippen molar-refractivity contribution in [3.63, 3.8) is 0 Å². The Labute approximate surface area is 57.8 Å². The van der Waals surface area contributed by atoms with Gasteiger partial charge in [0.05, 0.1) is 12.6 Å². The highest BCUT2D eigenvalue weighted by Gasteiger charge is 2.09. The lowest BCUT2D eigenvalue weighted by Crippen LogP contribution is -2.27. The molecule has 54 valence electrons. The van der Waals surface area contributed by atoms with Crippen LogP contribution in [0.5, 0.6) is 0 Å². The SMILES string of the molecule is CC(O)CN(Cl)C(=O)O. The van der Waals surface area contributed by atoms with E-state index in [1.54, 1.807) is 0 Å². The van der Waals surface area contributed by atoms with Gasteiger partial charge in [0.1, 0.15) is 0 Å². The molecule has 1 amide bonds. The Kier molecular flexibility index (Phi) is 3.34. The van der Waals surface area contributed by atoms with Gasteiger partial charge in [0, 0.05) is 11.8 Å². The van der Waals surface area contributed by atoms with Gasteiger partial charge >= 0.3 is 6.09 Å². The van der Waals surface area contributed by atoms with Gasteiger partial charge in [-0.15, -0.1) is 0 Å². The Bertz CT molecular complexity index is 106. The number of nitrogens with zero attached hydrogens (tertiary/aromatic N) is 1. The van der Waals surface area contributed by atoms with Crippen molar-refractivity contribution in [2.45, 2.75) is 13.0 Å². The van der Waals surface area contributed by atoms with Crippen LogP contribution in [0, 0.1) is 0 Å². The lowest BCUT2D eigenvalue weighted by Gasteiger charge is -2.10. The zero-order chi connectivity index (χ0) is 7.44. The van der Waals surface area contributed by atoms with Gasteiger partial charge in [-0.05, 0) is 6.92 Å². The molecule has 0 aliphatic rings. The number of hydrogen-bond acceptors (Lipinski definition) is 2. The summed E-state index contributed by atoms with van der Waals surface area (Å²) in [5.74, 6) is 0. The highest BCUT2D eigenvalue weighted by Crippen LogP contribution is 1.95. The third-order valence-electron chi connectivity index (χ3n) is 0.632. The van der Waals surface area contributed by atoms with Crippen LogP contribution in [0.2, 0.25) is 0 Å². The number of rotatable bonds is 2. The van der Waals surface area contributed by atoms with Crippen molar-refractivity contribution in [3.8, 4) is 0 Å². The van der Waals surface area contributed by atoms with Crippen LogP contribution in [0.3, 0.4) is 0 Å². The van der Waals surface area contributed by atoms with Crippen molar-refractivity contribution in [1.82, 2.24) is 4.42 Å². The van der Waals surface area contributed by atoms with E-state index >= 15 is 0 Å². The van der Waals surface area contributed by atoms with Crippen LogP contribution in [0.25, 0.3) is 0 Å². The second-order valence-electron chi connectivity index (χ2n) is 1.68. The Hall–Kier alpha value is -0.480. The van der Waals surface area contributed by atoms with E-state index in [9.17, 15) is 4.79 Å². The van der Waals surface area contributed by atoms with Gasteiger partial charge < -0.3 is 10.2 Å². The molecule has 2 N–H and O–H groups in total. The molecule has 0 heterocycles. The molecular formula is C4H8ClNO3. The number of aliphatic hydroxyl groups is 1. The first kappa shape index (κ1) is 8.52. The van der Waals surface area contributed by atoms with Crippen molar-refractivity contribution in [2.75, 3.05) is 6.54 Å². The van der Waals surface area contributed by atoms with Crippen molar-refractivity contribution in [1.29, 1.82) is 0 Å². The molecule has 0 aliphatic heterocycles. The second-order valence-corrected chi connectivity index (χ2v) is 2.08. The summed E-state index contributed by atoms with van der Waals surface area (Å²) in [4.78, 5) is 9.92. The molecule has 0 aromatic rings. The minimum atomic E-state index is -1.25. The Morgan fingerprint density at radius 3 is 2.44 bits per heavy atom.